The summed E-state index contributed by atoms with van der Waals surface area (Å²) in [6.07, 6.45) is 0.556. The Hall–Kier alpha value is -4.45. The van der Waals surface area contributed by atoms with Gasteiger partial charge < -0.3 is 19.5 Å². The van der Waals surface area contributed by atoms with Gasteiger partial charge in [0, 0.05) is 24.4 Å². The Kier molecular flexibility index (Phi) is 9.16. The standard InChI is InChI=1S/C25H25N3O8S/c1-3-35-20-9-6-18(7-10-20)23(29)26-15-14-17-4-11-21(12-5-17)37(32,33)28-24(30)19-8-13-22(27-16-19)36-25(31)34-2/h4-13,16H,3,14-15H2,1-2H3,(H,26,29)(H,28,30). The summed E-state index contributed by atoms with van der Waals surface area (Å²) >= 11 is 0. The van der Waals surface area contributed by atoms with Gasteiger partial charge in [0.15, 0.2) is 0 Å². The fourth-order valence-corrected chi connectivity index (χ4v) is 4.04. The highest BCUT2D eigenvalue weighted by Gasteiger charge is 2.19. The minimum atomic E-state index is -4.15. The Bertz CT molecular complexity index is 1340. The van der Waals surface area contributed by atoms with Gasteiger partial charge in [-0.25, -0.2) is 22.9 Å². The second kappa shape index (κ2) is 12.5. The Balaban J connectivity index is 1.52. The number of methoxy groups -OCH3 is 1. The van der Waals surface area contributed by atoms with Crippen molar-refractivity contribution in [1.29, 1.82) is 0 Å². The van der Waals surface area contributed by atoms with Gasteiger partial charge in [0.25, 0.3) is 21.8 Å². The minimum absolute atomic E-state index is 0.0549. The molecule has 0 radical (unpaired) electrons. The maximum atomic E-state index is 12.6. The Morgan fingerprint density at radius 2 is 1.57 bits per heavy atom. The molecule has 0 aliphatic heterocycles. The number of nitrogens with zero attached hydrogens (tertiary/aromatic N) is 1. The molecular weight excluding hydrogens is 502 g/mol. The largest absolute Gasteiger partial charge is 0.514 e. The molecule has 37 heavy (non-hydrogen) atoms. The number of carbonyl (C=O) groups is 3. The lowest BCUT2D eigenvalue weighted by Gasteiger charge is -2.09. The van der Waals surface area contributed by atoms with Gasteiger partial charge in [-0.2, -0.15) is 0 Å². The Morgan fingerprint density at radius 3 is 2.16 bits per heavy atom. The predicted molar refractivity (Wildman–Crippen MR) is 132 cm³/mol. The zero-order valence-electron chi connectivity index (χ0n) is 20.1. The first-order chi connectivity index (χ1) is 17.7. The van der Waals surface area contributed by atoms with Gasteiger partial charge in [-0.05, 0) is 61.4 Å². The van der Waals surface area contributed by atoms with Gasteiger partial charge >= 0.3 is 6.16 Å². The van der Waals surface area contributed by atoms with Crippen LogP contribution in [0.4, 0.5) is 4.79 Å². The number of pyridine rings is 1. The highest BCUT2D eigenvalue weighted by atomic mass is 32.2. The first kappa shape index (κ1) is 27.1. The molecule has 3 rings (SSSR count). The van der Waals surface area contributed by atoms with E-state index >= 15 is 0 Å². The van der Waals surface area contributed by atoms with Crippen molar-refractivity contribution < 1.29 is 37.0 Å². The van der Waals surface area contributed by atoms with Crippen LogP contribution >= 0.6 is 0 Å². The monoisotopic (exact) mass is 527 g/mol. The van der Waals surface area contributed by atoms with Crippen LogP contribution in [-0.2, 0) is 21.2 Å². The van der Waals surface area contributed by atoms with Crippen LogP contribution < -0.4 is 19.5 Å². The van der Waals surface area contributed by atoms with Crippen molar-refractivity contribution in [2.24, 2.45) is 0 Å². The Morgan fingerprint density at radius 1 is 0.892 bits per heavy atom. The quantitative estimate of drug-likeness (QED) is 0.379. The van der Waals surface area contributed by atoms with E-state index in [0.29, 0.717) is 30.9 Å². The van der Waals surface area contributed by atoms with E-state index in [1.807, 2.05) is 11.6 Å². The van der Waals surface area contributed by atoms with Crippen LogP contribution in [0.1, 0.15) is 33.2 Å². The molecule has 2 N–H and O–H groups in total. The molecule has 0 atom stereocenters. The van der Waals surface area contributed by atoms with Crippen molar-refractivity contribution in [3.05, 3.63) is 83.6 Å². The smallest absolute Gasteiger partial charge is 0.494 e. The second-order valence-electron chi connectivity index (χ2n) is 7.48. The third kappa shape index (κ3) is 7.77. The van der Waals surface area contributed by atoms with E-state index in [0.717, 1.165) is 18.9 Å². The molecule has 0 spiro atoms. The van der Waals surface area contributed by atoms with Crippen molar-refractivity contribution in [3.8, 4) is 11.6 Å². The van der Waals surface area contributed by atoms with Gasteiger partial charge in [0.2, 0.25) is 5.88 Å². The lowest BCUT2D eigenvalue weighted by Crippen LogP contribution is -2.30. The molecule has 0 bridgehead atoms. The van der Waals surface area contributed by atoms with E-state index in [1.165, 1.54) is 24.3 Å². The van der Waals surface area contributed by atoms with Crippen molar-refractivity contribution in [3.63, 3.8) is 0 Å². The second-order valence-corrected chi connectivity index (χ2v) is 9.17. The number of aromatic nitrogens is 1. The highest BCUT2D eigenvalue weighted by Crippen LogP contribution is 2.14. The topological polar surface area (TPSA) is 150 Å². The highest BCUT2D eigenvalue weighted by molar-refractivity contribution is 7.90. The van der Waals surface area contributed by atoms with E-state index in [1.54, 1.807) is 36.4 Å². The average Bonchev–Trinajstić information content (AvgIpc) is 2.89. The molecule has 3 aromatic rings. The molecule has 0 aliphatic rings. The van der Waals surface area contributed by atoms with Crippen molar-refractivity contribution >= 4 is 28.0 Å². The van der Waals surface area contributed by atoms with Crippen LogP contribution in [0.3, 0.4) is 0 Å². The van der Waals surface area contributed by atoms with E-state index in [9.17, 15) is 22.8 Å². The molecule has 1 aromatic heterocycles. The van der Waals surface area contributed by atoms with Crippen LogP contribution in [0.5, 0.6) is 11.6 Å². The van der Waals surface area contributed by atoms with Crippen molar-refractivity contribution in [2.45, 2.75) is 18.2 Å². The van der Waals surface area contributed by atoms with Gasteiger partial charge in [0.05, 0.1) is 24.2 Å². The fourth-order valence-electron chi connectivity index (χ4n) is 3.07. The van der Waals surface area contributed by atoms with E-state index in [4.69, 9.17) is 9.47 Å². The molecule has 2 aromatic carbocycles. The summed E-state index contributed by atoms with van der Waals surface area (Å²) in [6.45, 7) is 2.76. The molecule has 2 amide bonds. The average molecular weight is 528 g/mol. The number of nitrogens with one attached hydrogen (secondary N) is 2. The van der Waals surface area contributed by atoms with Crippen LogP contribution in [0.25, 0.3) is 0 Å². The first-order valence-corrected chi connectivity index (χ1v) is 12.6. The van der Waals surface area contributed by atoms with Crippen LogP contribution in [-0.4, -0.2) is 51.6 Å². The number of hydrogen-bond acceptors (Lipinski definition) is 9. The van der Waals surface area contributed by atoms with E-state index in [2.05, 4.69) is 15.0 Å². The normalized spacial score (nSPS) is 10.8. The van der Waals surface area contributed by atoms with E-state index in [-0.39, 0.29) is 22.2 Å². The summed E-state index contributed by atoms with van der Waals surface area (Å²) in [5, 5.41) is 2.81. The third-order valence-electron chi connectivity index (χ3n) is 4.94. The van der Waals surface area contributed by atoms with Crippen molar-refractivity contribution in [1.82, 2.24) is 15.0 Å². The summed E-state index contributed by atoms with van der Waals surface area (Å²) in [5.74, 6) is -0.565. The summed E-state index contributed by atoms with van der Waals surface area (Å²) in [4.78, 5) is 39.4. The lowest BCUT2D eigenvalue weighted by molar-refractivity contribution is 0.0951. The van der Waals surface area contributed by atoms with Crippen LogP contribution in [0, 0.1) is 0 Å². The van der Waals surface area contributed by atoms with Crippen molar-refractivity contribution in [2.75, 3.05) is 20.3 Å². The molecule has 194 valence electrons. The molecule has 0 unspecified atom stereocenters. The summed E-state index contributed by atoms with van der Waals surface area (Å²) in [6, 6.07) is 15.2. The molecule has 12 heteroatoms. The van der Waals surface area contributed by atoms with Gasteiger partial charge in [-0.3, -0.25) is 9.59 Å². The lowest BCUT2D eigenvalue weighted by atomic mass is 10.1. The van der Waals surface area contributed by atoms with Gasteiger partial charge in [-0.1, -0.05) is 12.1 Å². The zero-order valence-corrected chi connectivity index (χ0v) is 20.9. The SMILES string of the molecule is CCOc1ccc(C(=O)NCCc2ccc(S(=O)(=O)NC(=O)c3ccc(OC(=O)OC)nc3)cc2)cc1. The number of amides is 2. The Labute approximate surface area is 213 Å². The summed E-state index contributed by atoms with van der Waals surface area (Å²) in [5.41, 5.74) is 1.24. The maximum absolute atomic E-state index is 12.6. The number of ether oxygens (including phenoxy) is 3. The van der Waals surface area contributed by atoms with Crippen LogP contribution in [0.2, 0.25) is 0 Å². The van der Waals surface area contributed by atoms with Crippen LogP contribution in [0.15, 0.2) is 71.8 Å². The van der Waals surface area contributed by atoms with Gasteiger partial charge in [-0.15, -0.1) is 0 Å². The molecule has 0 saturated heterocycles. The first-order valence-electron chi connectivity index (χ1n) is 11.1. The van der Waals surface area contributed by atoms with Gasteiger partial charge in [0.1, 0.15) is 5.75 Å². The third-order valence-corrected chi connectivity index (χ3v) is 6.29. The number of sulfonamides is 1. The summed E-state index contributed by atoms with van der Waals surface area (Å²) < 4.78 is 41.6. The molecular formula is C25H25N3O8S. The predicted octanol–water partition coefficient (Wildman–Crippen LogP) is 2.72. The molecule has 0 fully saturated rings. The molecule has 0 saturated carbocycles. The van der Waals surface area contributed by atoms with E-state index < -0.39 is 22.1 Å². The minimum Gasteiger partial charge on any atom is -0.494 e. The molecule has 1 heterocycles. The summed E-state index contributed by atoms with van der Waals surface area (Å²) in [7, 11) is -3.02. The molecule has 11 nitrogen and oxygen atoms in total. The molecule has 0 aliphatic carbocycles. The number of hydrogen-bond donors (Lipinski definition) is 2. The fraction of sp³-hybridized carbons (Fsp3) is 0.200. The number of carbonyl (C=O) groups excluding carboxylic acids is 3. The maximum Gasteiger partial charge on any atom is 0.514 e. The number of benzene rings is 2. The zero-order chi connectivity index (χ0) is 26.8. The number of rotatable bonds is 10.